The number of nitrogens with one attached hydrogen (secondary N) is 1. The van der Waals surface area contributed by atoms with Crippen LogP contribution < -0.4 is 5.32 Å². The molecule has 0 radical (unpaired) electrons. The van der Waals surface area contributed by atoms with E-state index in [1.165, 1.54) is 11.1 Å². The number of rotatable bonds is 3. The van der Waals surface area contributed by atoms with Crippen LogP contribution >= 0.6 is 38.9 Å². The molecule has 1 unspecified atom stereocenters. The van der Waals surface area contributed by atoms with E-state index < -0.39 is 0 Å². The minimum Gasteiger partial charge on any atom is -0.378 e. The van der Waals surface area contributed by atoms with E-state index in [-0.39, 0.29) is 6.04 Å². The van der Waals surface area contributed by atoms with Gasteiger partial charge in [-0.25, -0.2) is 0 Å². The van der Waals surface area contributed by atoms with E-state index in [4.69, 9.17) is 11.6 Å². The summed E-state index contributed by atoms with van der Waals surface area (Å²) in [6.07, 6.45) is 0. The first kappa shape index (κ1) is 12.9. The third kappa shape index (κ3) is 3.03. The second kappa shape index (κ2) is 5.42. The lowest BCUT2D eigenvalue weighted by Gasteiger charge is -2.16. The quantitative estimate of drug-likeness (QED) is 0.767. The van der Waals surface area contributed by atoms with Crippen molar-refractivity contribution in [3.05, 3.63) is 49.6 Å². The third-order valence-electron chi connectivity index (χ3n) is 2.73. The molecule has 2 aromatic rings. The summed E-state index contributed by atoms with van der Waals surface area (Å²) in [6, 6.07) is 8.44. The van der Waals surface area contributed by atoms with Crippen molar-refractivity contribution >= 4 is 44.6 Å². The molecule has 90 valence electrons. The Hall–Kier alpha value is -0.510. The molecule has 0 saturated carbocycles. The van der Waals surface area contributed by atoms with Gasteiger partial charge in [0.1, 0.15) is 0 Å². The third-order valence-corrected chi connectivity index (χ3v) is 4.70. The maximum absolute atomic E-state index is 5.95. The molecule has 2 rings (SSSR count). The van der Waals surface area contributed by atoms with Gasteiger partial charge in [-0.05, 0) is 48.6 Å². The van der Waals surface area contributed by atoms with Crippen LogP contribution in [0.1, 0.15) is 24.1 Å². The van der Waals surface area contributed by atoms with Gasteiger partial charge in [-0.1, -0.05) is 33.6 Å². The predicted octanol–water partition coefficient (Wildman–Crippen LogP) is 5.65. The zero-order chi connectivity index (χ0) is 12.4. The Kier molecular flexibility index (Phi) is 4.13. The Morgan fingerprint density at radius 2 is 2.18 bits per heavy atom. The summed E-state index contributed by atoms with van der Waals surface area (Å²) in [4.78, 5) is 0. The maximum Gasteiger partial charge on any atom is 0.0931 e. The molecule has 17 heavy (non-hydrogen) atoms. The molecule has 0 bridgehead atoms. The highest BCUT2D eigenvalue weighted by Crippen LogP contribution is 2.30. The van der Waals surface area contributed by atoms with Crippen molar-refractivity contribution in [3.63, 3.8) is 0 Å². The van der Waals surface area contributed by atoms with Gasteiger partial charge in [0.2, 0.25) is 0 Å². The number of anilines is 1. The van der Waals surface area contributed by atoms with Gasteiger partial charge in [-0.3, -0.25) is 0 Å². The van der Waals surface area contributed by atoms with Crippen LogP contribution in [-0.2, 0) is 0 Å². The fourth-order valence-electron chi connectivity index (χ4n) is 1.63. The fraction of sp³-hybridized carbons (Fsp3) is 0.231. The molecule has 1 nitrogen and oxygen atoms in total. The van der Waals surface area contributed by atoms with Gasteiger partial charge in [0.15, 0.2) is 0 Å². The van der Waals surface area contributed by atoms with Crippen molar-refractivity contribution < 1.29 is 0 Å². The first-order chi connectivity index (χ1) is 8.08. The van der Waals surface area contributed by atoms with E-state index in [0.29, 0.717) is 0 Å². The lowest BCUT2D eigenvalue weighted by atomic mass is 10.1. The van der Waals surface area contributed by atoms with Crippen molar-refractivity contribution in [2.45, 2.75) is 19.9 Å². The zero-order valence-corrected chi connectivity index (χ0v) is 12.8. The molecule has 1 aromatic carbocycles. The fourth-order valence-corrected chi connectivity index (χ4v) is 2.98. The maximum atomic E-state index is 5.95. The van der Waals surface area contributed by atoms with Crippen LogP contribution in [0, 0.1) is 6.92 Å². The van der Waals surface area contributed by atoms with E-state index in [9.17, 15) is 0 Å². The van der Waals surface area contributed by atoms with Gasteiger partial charge in [-0.15, -0.1) is 11.3 Å². The van der Waals surface area contributed by atoms with Crippen LogP contribution in [0.5, 0.6) is 0 Å². The average molecular weight is 331 g/mol. The van der Waals surface area contributed by atoms with Gasteiger partial charge in [-0.2, -0.15) is 0 Å². The molecule has 0 spiro atoms. The minimum atomic E-state index is 0.256. The van der Waals surface area contributed by atoms with Gasteiger partial charge >= 0.3 is 0 Å². The predicted molar refractivity (Wildman–Crippen MR) is 80.2 cm³/mol. The van der Waals surface area contributed by atoms with E-state index in [1.54, 1.807) is 11.3 Å². The van der Waals surface area contributed by atoms with E-state index in [0.717, 1.165) is 14.5 Å². The Labute approximate surface area is 119 Å². The summed E-state index contributed by atoms with van der Waals surface area (Å²) in [7, 11) is 0. The van der Waals surface area contributed by atoms with Crippen molar-refractivity contribution in [2.24, 2.45) is 0 Å². The molecule has 4 heteroatoms. The van der Waals surface area contributed by atoms with Crippen molar-refractivity contribution in [3.8, 4) is 0 Å². The summed E-state index contributed by atoms with van der Waals surface area (Å²) in [5.41, 5.74) is 3.59. The second-order valence-corrected chi connectivity index (χ2v) is 6.36. The molecular weight excluding hydrogens is 318 g/mol. The van der Waals surface area contributed by atoms with Gasteiger partial charge in [0.05, 0.1) is 4.34 Å². The number of benzene rings is 1. The second-order valence-electron chi connectivity index (χ2n) is 3.96. The van der Waals surface area contributed by atoms with Crippen molar-refractivity contribution in [1.29, 1.82) is 0 Å². The summed E-state index contributed by atoms with van der Waals surface area (Å²) in [6.45, 7) is 4.23. The number of hydrogen-bond acceptors (Lipinski definition) is 2. The SMILES string of the molecule is Cc1c(Br)cccc1NC(C)c1csc(Cl)c1. The molecular formula is C13H13BrClNS. The average Bonchev–Trinajstić information content (AvgIpc) is 2.72. The van der Waals surface area contributed by atoms with E-state index in [2.05, 4.69) is 46.5 Å². The summed E-state index contributed by atoms with van der Waals surface area (Å²) < 4.78 is 1.96. The first-order valence-corrected chi connectivity index (χ1v) is 7.38. The van der Waals surface area contributed by atoms with Crippen LogP contribution in [0.25, 0.3) is 0 Å². The number of thiophene rings is 1. The Balaban J connectivity index is 2.18. The first-order valence-electron chi connectivity index (χ1n) is 5.33. The summed E-state index contributed by atoms with van der Waals surface area (Å²) in [5, 5.41) is 5.59. The minimum absolute atomic E-state index is 0.256. The standard InChI is InChI=1S/C13H13BrClNS/c1-8-11(14)4-3-5-12(8)16-9(2)10-6-13(15)17-7-10/h3-7,9,16H,1-2H3. The van der Waals surface area contributed by atoms with Crippen LogP contribution in [0.2, 0.25) is 4.34 Å². The van der Waals surface area contributed by atoms with Crippen molar-refractivity contribution in [2.75, 3.05) is 5.32 Å². The highest BCUT2D eigenvalue weighted by Gasteiger charge is 2.09. The molecule has 0 fully saturated rings. The molecule has 0 aliphatic rings. The number of halogens is 2. The lowest BCUT2D eigenvalue weighted by molar-refractivity contribution is 0.888. The number of hydrogen-bond donors (Lipinski definition) is 1. The van der Waals surface area contributed by atoms with Crippen molar-refractivity contribution in [1.82, 2.24) is 0 Å². The summed E-state index contributed by atoms with van der Waals surface area (Å²) >= 11 is 11.1. The molecule has 1 atom stereocenters. The van der Waals surface area contributed by atoms with Crippen LogP contribution in [-0.4, -0.2) is 0 Å². The monoisotopic (exact) mass is 329 g/mol. The molecule has 0 aliphatic heterocycles. The molecule has 1 heterocycles. The highest BCUT2D eigenvalue weighted by atomic mass is 79.9. The van der Waals surface area contributed by atoms with Crippen LogP contribution in [0.3, 0.4) is 0 Å². The molecule has 0 aliphatic carbocycles. The Morgan fingerprint density at radius 3 is 2.82 bits per heavy atom. The highest BCUT2D eigenvalue weighted by molar-refractivity contribution is 9.10. The summed E-state index contributed by atoms with van der Waals surface area (Å²) in [5.74, 6) is 0. The Morgan fingerprint density at radius 1 is 1.41 bits per heavy atom. The topological polar surface area (TPSA) is 12.0 Å². The molecule has 1 N–H and O–H groups in total. The zero-order valence-electron chi connectivity index (χ0n) is 9.63. The molecule has 1 aromatic heterocycles. The molecule has 0 saturated heterocycles. The van der Waals surface area contributed by atoms with E-state index >= 15 is 0 Å². The molecule has 0 amide bonds. The lowest BCUT2D eigenvalue weighted by Crippen LogP contribution is -2.06. The van der Waals surface area contributed by atoms with Crippen LogP contribution in [0.15, 0.2) is 34.1 Å². The van der Waals surface area contributed by atoms with Gasteiger partial charge in [0.25, 0.3) is 0 Å². The van der Waals surface area contributed by atoms with Crippen LogP contribution in [0.4, 0.5) is 5.69 Å². The smallest absolute Gasteiger partial charge is 0.0931 e. The normalized spacial score (nSPS) is 12.5. The van der Waals surface area contributed by atoms with Gasteiger partial charge < -0.3 is 5.32 Å². The Bertz CT molecular complexity index is 524. The van der Waals surface area contributed by atoms with Gasteiger partial charge in [0, 0.05) is 16.2 Å². The van der Waals surface area contributed by atoms with E-state index in [1.807, 2.05) is 18.2 Å². The largest absolute Gasteiger partial charge is 0.378 e.